The van der Waals surface area contributed by atoms with Crippen LogP contribution in [0, 0.1) is 5.92 Å². The molecule has 18 heavy (non-hydrogen) atoms. The average molecular weight is 241 g/mol. The van der Waals surface area contributed by atoms with Gasteiger partial charge in [0.25, 0.3) is 0 Å². The fourth-order valence-electron chi connectivity index (χ4n) is 2.82. The molecule has 1 saturated heterocycles. The summed E-state index contributed by atoms with van der Waals surface area (Å²) >= 11 is 0. The molecule has 5 nitrogen and oxygen atoms in total. The van der Waals surface area contributed by atoms with Gasteiger partial charge in [0.1, 0.15) is 11.0 Å². The molecule has 0 radical (unpaired) electrons. The SMILES string of the molecule is O=C(c1ccc2nonc2c1)C1CC2C=CN1C2. The highest BCUT2D eigenvalue weighted by Crippen LogP contribution is 2.32. The second-order valence-corrected chi connectivity index (χ2v) is 4.88. The summed E-state index contributed by atoms with van der Waals surface area (Å²) in [5.41, 5.74) is 2.00. The number of carbonyl (C=O) groups excluding carboxylic acids is 1. The van der Waals surface area contributed by atoms with Crippen molar-refractivity contribution in [2.24, 2.45) is 5.92 Å². The number of aromatic nitrogens is 2. The molecular formula is C13H11N3O2. The molecule has 0 N–H and O–H groups in total. The molecule has 2 bridgehead atoms. The number of hydrogen-bond donors (Lipinski definition) is 0. The summed E-state index contributed by atoms with van der Waals surface area (Å²) in [6, 6.07) is 5.31. The second-order valence-electron chi connectivity index (χ2n) is 4.88. The molecule has 90 valence electrons. The average Bonchev–Trinajstić information content (AvgIpc) is 3.12. The molecule has 2 atom stereocenters. The van der Waals surface area contributed by atoms with Crippen LogP contribution >= 0.6 is 0 Å². The maximum absolute atomic E-state index is 12.4. The van der Waals surface area contributed by atoms with Gasteiger partial charge in [-0.25, -0.2) is 4.63 Å². The van der Waals surface area contributed by atoms with Crippen LogP contribution in [0.1, 0.15) is 16.8 Å². The highest BCUT2D eigenvalue weighted by molar-refractivity contribution is 6.02. The third kappa shape index (κ3) is 1.30. The molecule has 2 aromatic rings. The van der Waals surface area contributed by atoms with E-state index < -0.39 is 0 Å². The summed E-state index contributed by atoms with van der Waals surface area (Å²) < 4.78 is 4.64. The first kappa shape index (κ1) is 9.82. The number of fused-ring (bicyclic) bond motifs is 3. The monoisotopic (exact) mass is 241 g/mol. The zero-order valence-corrected chi connectivity index (χ0v) is 9.61. The van der Waals surface area contributed by atoms with E-state index in [4.69, 9.17) is 0 Å². The quantitative estimate of drug-likeness (QED) is 0.748. The molecule has 1 fully saturated rings. The van der Waals surface area contributed by atoms with Gasteiger partial charge >= 0.3 is 0 Å². The standard InChI is InChI=1S/C13H11N3O2/c17-13(12-5-8-3-4-16(12)7-8)9-1-2-10-11(6-9)15-18-14-10/h1-4,6,8,12H,5,7H2. The van der Waals surface area contributed by atoms with E-state index in [-0.39, 0.29) is 11.8 Å². The van der Waals surface area contributed by atoms with Gasteiger partial charge in [0.2, 0.25) is 0 Å². The van der Waals surface area contributed by atoms with Crippen molar-refractivity contribution in [2.45, 2.75) is 12.5 Å². The molecule has 0 aliphatic carbocycles. The molecular weight excluding hydrogens is 230 g/mol. The van der Waals surface area contributed by atoms with Crippen LogP contribution in [0.3, 0.4) is 0 Å². The van der Waals surface area contributed by atoms with Crippen LogP contribution in [0.2, 0.25) is 0 Å². The highest BCUT2D eigenvalue weighted by Gasteiger charge is 2.37. The highest BCUT2D eigenvalue weighted by atomic mass is 16.6. The lowest BCUT2D eigenvalue weighted by Crippen LogP contribution is -2.32. The number of carbonyl (C=O) groups is 1. The van der Waals surface area contributed by atoms with E-state index in [9.17, 15) is 4.79 Å². The van der Waals surface area contributed by atoms with Crippen molar-refractivity contribution in [1.82, 2.24) is 15.2 Å². The van der Waals surface area contributed by atoms with Crippen LogP contribution in [0.25, 0.3) is 11.0 Å². The van der Waals surface area contributed by atoms with Gasteiger partial charge in [0.15, 0.2) is 5.78 Å². The Morgan fingerprint density at radius 2 is 2.22 bits per heavy atom. The summed E-state index contributed by atoms with van der Waals surface area (Å²) in [6.07, 6.45) is 5.13. The van der Waals surface area contributed by atoms with Crippen LogP contribution in [0.5, 0.6) is 0 Å². The van der Waals surface area contributed by atoms with E-state index in [1.54, 1.807) is 18.2 Å². The second kappa shape index (κ2) is 3.41. The summed E-state index contributed by atoms with van der Waals surface area (Å²) in [6.45, 7) is 0.976. The Morgan fingerprint density at radius 1 is 1.33 bits per heavy atom. The van der Waals surface area contributed by atoms with Gasteiger partial charge in [-0.2, -0.15) is 0 Å². The lowest BCUT2D eigenvalue weighted by molar-refractivity contribution is 0.0901. The van der Waals surface area contributed by atoms with Gasteiger partial charge in [-0.1, -0.05) is 6.08 Å². The molecule has 3 heterocycles. The van der Waals surface area contributed by atoms with Crippen molar-refractivity contribution in [3.05, 3.63) is 36.0 Å². The minimum Gasteiger partial charge on any atom is -0.367 e. The zero-order chi connectivity index (χ0) is 12.1. The van der Waals surface area contributed by atoms with Crippen LogP contribution in [-0.4, -0.2) is 33.6 Å². The fraction of sp³-hybridized carbons (Fsp3) is 0.308. The largest absolute Gasteiger partial charge is 0.367 e. The van der Waals surface area contributed by atoms with Gasteiger partial charge in [-0.3, -0.25) is 4.79 Å². The van der Waals surface area contributed by atoms with Crippen molar-refractivity contribution in [2.75, 3.05) is 6.54 Å². The lowest BCUT2D eigenvalue weighted by atomic mass is 9.97. The summed E-state index contributed by atoms with van der Waals surface area (Å²) in [7, 11) is 0. The molecule has 5 heteroatoms. The molecule has 1 aromatic carbocycles. The van der Waals surface area contributed by atoms with Gasteiger partial charge < -0.3 is 4.90 Å². The van der Waals surface area contributed by atoms with E-state index in [0.29, 0.717) is 22.5 Å². The maximum atomic E-state index is 12.4. The van der Waals surface area contributed by atoms with Crippen LogP contribution in [0.4, 0.5) is 0 Å². The first-order chi connectivity index (χ1) is 8.81. The first-order valence-corrected chi connectivity index (χ1v) is 6.02. The molecule has 0 saturated carbocycles. The Bertz CT molecular complexity index is 661. The number of Topliss-reactive ketones (excluding diaryl/α,β-unsaturated/α-hetero) is 1. The summed E-state index contributed by atoms with van der Waals surface area (Å²) in [5, 5.41) is 7.51. The number of hydrogen-bond acceptors (Lipinski definition) is 5. The van der Waals surface area contributed by atoms with Crippen LogP contribution in [-0.2, 0) is 0 Å². The smallest absolute Gasteiger partial charge is 0.185 e. The van der Waals surface area contributed by atoms with E-state index in [2.05, 4.69) is 25.9 Å². The molecule has 1 aromatic heterocycles. The minimum absolute atomic E-state index is 0.0164. The topological polar surface area (TPSA) is 59.2 Å². The number of benzene rings is 1. The first-order valence-electron chi connectivity index (χ1n) is 6.02. The van der Waals surface area contributed by atoms with Gasteiger partial charge in [-0.15, -0.1) is 0 Å². The summed E-state index contributed by atoms with van der Waals surface area (Å²) in [4.78, 5) is 14.6. The predicted molar refractivity (Wildman–Crippen MR) is 63.9 cm³/mol. The van der Waals surface area contributed by atoms with E-state index in [1.165, 1.54) is 0 Å². The van der Waals surface area contributed by atoms with Crippen LogP contribution in [0.15, 0.2) is 35.1 Å². The van der Waals surface area contributed by atoms with Crippen molar-refractivity contribution in [3.8, 4) is 0 Å². The molecule has 0 amide bonds. The van der Waals surface area contributed by atoms with Crippen molar-refractivity contribution < 1.29 is 9.42 Å². The third-order valence-corrected chi connectivity index (χ3v) is 3.76. The predicted octanol–water partition coefficient (Wildman–Crippen LogP) is 1.62. The van der Waals surface area contributed by atoms with Gasteiger partial charge in [0, 0.05) is 12.1 Å². The molecule has 2 aliphatic heterocycles. The van der Waals surface area contributed by atoms with E-state index in [1.807, 2.05) is 6.20 Å². The number of rotatable bonds is 2. The fourth-order valence-corrected chi connectivity index (χ4v) is 2.82. The normalized spacial score (nSPS) is 25.2. The third-order valence-electron chi connectivity index (χ3n) is 3.76. The van der Waals surface area contributed by atoms with Gasteiger partial charge in [-0.05, 0) is 47.1 Å². The summed E-state index contributed by atoms with van der Waals surface area (Å²) in [5.74, 6) is 0.697. The molecule has 2 unspecified atom stereocenters. The Morgan fingerprint density at radius 3 is 3.00 bits per heavy atom. The zero-order valence-electron chi connectivity index (χ0n) is 9.61. The Kier molecular flexibility index (Phi) is 1.86. The molecule has 0 spiro atoms. The number of nitrogens with zero attached hydrogens (tertiary/aromatic N) is 3. The maximum Gasteiger partial charge on any atom is 0.185 e. The van der Waals surface area contributed by atoms with Crippen molar-refractivity contribution >= 4 is 16.8 Å². The Labute approximate surface area is 103 Å². The van der Waals surface area contributed by atoms with Gasteiger partial charge in [0.05, 0.1) is 6.04 Å². The molecule has 2 aliphatic rings. The van der Waals surface area contributed by atoms with E-state index >= 15 is 0 Å². The minimum atomic E-state index is -0.0164. The van der Waals surface area contributed by atoms with Crippen molar-refractivity contribution in [3.63, 3.8) is 0 Å². The lowest BCUT2D eigenvalue weighted by Gasteiger charge is -2.21. The van der Waals surface area contributed by atoms with E-state index in [0.717, 1.165) is 13.0 Å². The number of ketones is 1. The Balaban J connectivity index is 1.69. The Hall–Kier alpha value is -2.17. The van der Waals surface area contributed by atoms with Crippen molar-refractivity contribution in [1.29, 1.82) is 0 Å². The van der Waals surface area contributed by atoms with Crippen LogP contribution < -0.4 is 0 Å². The molecule has 4 rings (SSSR count).